The molecule has 0 aliphatic carbocycles. The van der Waals surface area contributed by atoms with Crippen LogP contribution in [-0.4, -0.2) is 42.9 Å². The number of aromatic nitrogens is 1. The van der Waals surface area contributed by atoms with E-state index in [0.29, 0.717) is 24.3 Å². The van der Waals surface area contributed by atoms with Crippen molar-refractivity contribution in [3.8, 4) is 10.6 Å². The molecule has 2 aromatic heterocycles. The summed E-state index contributed by atoms with van der Waals surface area (Å²) < 4.78 is 69.9. The standard InChI is InChI=1S/C16H16F3N3O4S2/c1-8-13(6-12(27-8)10-5-14(26-21-10)16(17,18)19)28(24,25)22-3-2-9-4-15(23)20-11(9)7-22/h5-6,9,11H,2-4,7H2,1H3,(H,20,23)/t9-,11-/m1/s1. The Morgan fingerprint density at radius 1 is 1.36 bits per heavy atom. The molecule has 4 rings (SSSR count). The van der Waals surface area contributed by atoms with E-state index in [1.165, 1.54) is 10.4 Å². The number of hydrogen-bond acceptors (Lipinski definition) is 6. The van der Waals surface area contributed by atoms with Gasteiger partial charge in [0.25, 0.3) is 0 Å². The number of carbonyl (C=O) groups is 1. The smallest absolute Gasteiger partial charge is 0.352 e. The van der Waals surface area contributed by atoms with E-state index in [2.05, 4.69) is 15.0 Å². The second-order valence-corrected chi connectivity index (χ2v) is 10.1. The Balaban J connectivity index is 1.61. The quantitative estimate of drug-likeness (QED) is 0.800. The third-order valence-corrected chi connectivity index (χ3v) is 8.24. The van der Waals surface area contributed by atoms with Gasteiger partial charge in [0.15, 0.2) is 0 Å². The summed E-state index contributed by atoms with van der Waals surface area (Å²) in [5.74, 6) is -1.18. The van der Waals surface area contributed by atoms with Crippen LogP contribution < -0.4 is 5.32 Å². The molecule has 0 bridgehead atoms. The van der Waals surface area contributed by atoms with Gasteiger partial charge in [-0.2, -0.15) is 17.5 Å². The highest BCUT2D eigenvalue weighted by Crippen LogP contribution is 2.38. The highest BCUT2D eigenvalue weighted by atomic mass is 32.2. The maximum absolute atomic E-state index is 13.1. The predicted octanol–water partition coefficient (Wildman–Crippen LogP) is 2.63. The second kappa shape index (κ2) is 6.56. The minimum atomic E-state index is -4.66. The molecule has 0 aromatic carbocycles. The number of fused-ring (bicyclic) bond motifs is 1. The summed E-state index contributed by atoms with van der Waals surface area (Å²) in [7, 11) is -3.85. The van der Waals surface area contributed by atoms with Gasteiger partial charge >= 0.3 is 6.18 Å². The van der Waals surface area contributed by atoms with Gasteiger partial charge in [0.2, 0.25) is 21.7 Å². The number of amides is 1. The first-order chi connectivity index (χ1) is 13.1. The molecule has 28 heavy (non-hydrogen) atoms. The highest BCUT2D eigenvalue weighted by Gasteiger charge is 2.41. The maximum atomic E-state index is 13.1. The molecule has 0 spiro atoms. The Hall–Kier alpha value is -1.92. The van der Waals surface area contributed by atoms with Gasteiger partial charge in [-0.25, -0.2) is 8.42 Å². The molecule has 2 fully saturated rings. The first kappa shape index (κ1) is 19.4. The number of aryl methyl sites for hydroxylation is 1. The topological polar surface area (TPSA) is 92.5 Å². The largest absolute Gasteiger partial charge is 0.452 e. The van der Waals surface area contributed by atoms with Crippen molar-refractivity contribution >= 4 is 27.3 Å². The molecule has 1 amide bonds. The van der Waals surface area contributed by atoms with Crippen LogP contribution >= 0.6 is 11.3 Å². The lowest BCUT2D eigenvalue weighted by molar-refractivity contribution is -0.155. The number of thiophene rings is 1. The molecule has 4 heterocycles. The average molecular weight is 435 g/mol. The van der Waals surface area contributed by atoms with Gasteiger partial charge in [-0.15, -0.1) is 11.3 Å². The molecule has 12 heteroatoms. The van der Waals surface area contributed by atoms with Crippen LogP contribution in [0.1, 0.15) is 23.5 Å². The summed E-state index contributed by atoms with van der Waals surface area (Å²) in [5.41, 5.74) is -0.0661. The average Bonchev–Trinajstić information content (AvgIpc) is 3.29. The Kier molecular flexibility index (Phi) is 4.55. The molecule has 2 aliphatic rings. The second-order valence-electron chi connectivity index (χ2n) is 6.90. The van der Waals surface area contributed by atoms with Crippen LogP contribution in [0.25, 0.3) is 10.6 Å². The first-order valence-electron chi connectivity index (χ1n) is 8.50. The summed E-state index contributed by atoms with van der Waals surface area (Å²) in [6.45, 7) is 2.08. The Bertz CT molecular complexity index is 1030. The summed E-state index contributed by atoms with van der Waals surface area (Å²) in [6, 6.07) is 1.87. The van der Waals surface area contributed by atoms with Crippen LogP contribution in [0.15, 0.2) is 21.6 Å². The maximum Gasteiger partial charge on any atom is 0.452 e. The summed E-state index contributed by atoms with van der Waals surface area (Å²) >= 11 is 1.04. The van der Waals surface area contributed by atoms with E-state index < -0.39 is 22.0 Å². The summed E-state index contributed by atoms with van der Waals surface area (Å²) in [6.07, 6.45) is -3.67. The predicted molar refractivity (Wildman–Crippen MR) is 93.0 cm³/mol. The highest BCUT2D eigenvalue weighted by molar-refractivity contribution is 7.89. The van der Waals surface area contributed by atoms with Crippen LogP contribution in [0.4, 0.5) is 13.2 Å². The van der Waals surface area contributed by atoms with E-state index in [1.807, 2.05) is 0 Å². The molecule has 152 valence electrons. The zero-order chi connectivity index (χ0) is 20.3. The fraction of sp³-hybridized carbons (Fsp3) is 0.500. The molecular weight excluding hydrogens is 419 g/mol. The van der Waals surface area contributed by atoms with Gasteiger partial charge in [0.1, 0.15) is 5.69 Å². The zero-order valence-corrected chi connectivity index (χ0v) is 16.2. The minimum Gasteiger partial charge on any atom is -0.352 e. The monoisotopic (exact) mass is 435 g/mol. The minimum absolute atomic E-state index is 0.0341. The Morgan fingerprint density at radius 2 is 2.11 bits per heavy atom. The van der Waals surface area contributed by atoms with E-state index in [9.17, 15) is 26.4 Å². The number of sulfonamides is 1. The molecular formula is C16H16F3N3O4S2. The Morgan fingerprint density at radius 3 is 2.79 bits per heavy atom. The molecule has 7 nitrogen and oxygen atoms in total. The summed E-state index contributed by atoms with van der Waals surface area (Å²) in [5, 5.41) is 6.21. The van der Waals surface area contributed by atoms with E-state index in [-0.39, 0.29) is 39.9 Å². The van der Waals surface area contributed by atoms with Crippen molar-refractivity contribution in [2.24, 2.45) is 5.92 Å². The lowest BCUT2D eigenvalue weighted by Crippen LogP contribution is -2.49. The SMILES string of the molecule is Cc1sc(-c2cc(C(F)(F)F)on2)cc1S(=O)(=O)N1CC[C@@H]2CC(=O)N[C@@H]2C1. The van der Waals surface area contributed by atoms with Gasteiger partial charge in [0.05, 0.1) is 9.77 Å². The number of hydrogen-bond donors (Lipinski definition) is 1. The normalized spacial score (nSPS) is 23.6. The summed E-state index contributed by atoms with van der Waals surface area (Å²) in [4.78, 5) is 12.3. The first-order valence-corrected chi connectivity index (χ1v) is 10.8. The molecule has 0 unspecified atom stereocenters. The van der Waals surface area contributed by atoms with Gasteiger partial charge in [0, 0.05) is 36.5 Å². The molecule has 1 N–H and O–H groups in total. The van der Waals surface area contributed by atoms with Crippen LogP contribution in [0.3, 0.4) is 0 Å². The van der Waals surface area contributed by atoms with Crippen molar-refractivity contribution in [2.75, 3.05) is 13.1 Å². The van der Waals surface area contributed by atoms with Crippen molar-refractivity contribution in [1.82, 2.24) is 14.8 Å². The third-order valence-electron chi connectivity index (χ3n) is 5.04. The van der Waals surface area contributed by atoms with Crippen molar-refractivity contribution in [3.05, 3.63) is 22.8 Å². The van der Waals surface area contributed by atoms with Crippen LogP contribution in [0.2, 0.25) is 0 Å². The van der Waals surface area contributed by atoms with Gasteiger partial charge < -0.3 is 9.84 Å². The third kappa shape index (κ3) is 3.33. The van der Waals surface area contributed by atoms with Gasteiger partial charge in [-0.05, 0) is 25.3 Å². The van der Waals surface area contributed by atoms with Crippen molar-refractivity contribution in [1.29, 1.82) is 0 Å². The number of carbonyl (C=O) groups excluding carboxylic acids is 1. The molecule has 2 aromatic rings. The fourth-order valence-corrected chi connectivity index (χ4v) is 6.61. The zero-order valence-electron chi connectivity index (χ0n) is 14.6. The molecule has 0 radical (unpaired) electrons. The van der Waals surface area contributed by atoms with Crippen molar-refractivity contribution in [2.45, 2.75) is 36.9 Å². The van der Waals surface area contributed by atoms with Crippen molar-refractivity contribution in [3.63, 3.8) is 0 Å². The van der Waals surface area contributed by atoms with Crippen LogP contribution in [0, 0.1) is 12.8 Å². The number of alkyl halides is 3. The molecule has 2 atom stereocenters. The number of nitrogens with one attached hydrogen (secondary N) is 1. The molecule has 2 saturated heterocycles. The Labute approximate surface area is 162 Å². The van der Waals surface area contributed by atoms with Crippen molar-refractivity contribution < 1.29 is 30.9 Å². The number of piperidine rings is 1. The van der Waals surface area contributed by atoms with Gasteiger partial charge in [-0.3, -0.25) is 4.79 Å². The lowest BCUT2D eigenvalue weighted by atomic mass is 9.94. The van der Waals surface area contributed by atoms with Gasteiger partial charge in [-0.1, -0.05) is 5.16 Å². The van der Waals surface area contributed by atoms with E-state index in [4.69, 9.17) is 0 Å². The van der Waals surface area contributed by atoms with E-state index in [0.717, 1.165) is 17.4 Å². The van der Waals surface area contributed by atoms with E-state index >= 15 is 0 Å². The number of nitrogens with zero attached hydrogens (tertiary/aromatic N) is 2. The molecule has 2 aliphatic heterocycles. The fourth-order valence-electron chi connectivity index (χ4n) is 3.61. The lowest BCUT2D eigenvalue weighted by Gasteiger charge is -2.33. The molecule has 0 saturated carbocycles. The van der Waals surface area contributed by atoms with Crippen LogP contribution in [-0.2, 0) is 21.0 Å². The number of halogens is 3. The number of rotatable bonds is 3. The van der Waals surface area contributed by atoms with Crippen LogP contribution in [0.5, 0.6) is 0 Å². The van der Waals surface area contributed by atoms with E-state index in [1.54, 1.807) is 6.92 Å².